The minimum atomic E-state index is -0.751. The van der Waals surface area contributed by atoms with Crippen LogP contribution < -0.4 is 20.3 Å². The van der Waals surface area contributed by atoms with E-state index < -0.39 is 6.04 Å². The van der Waals surface area contributed by atoms with Gasteiger partial charge in [0.25, 0.3) is 5.56 Å². The Morgan fingerprint density at radius 1 is 1.13 bits per heavy atom. The first-order chi connectivity index (χ1) is 14.5. The number of carbonyl (C=O) groups is 1. The minimum Gasteiger partial charge on any atom is -0.493 e. The normalized spacial score (nSPS) is 14.1. The summed E-state index contributed by atoms with van der Waals surface area (Å²) in [6, 6.07) is 6.22. The van der Waals surface area contributed by atoms with Crippen molar-refractivity contribution >= 4 is 22.6 Å². The average molecular weight is 408 g/mol. The van der Waals surface area contributed by atoms with Gasteiger partial charge in [-0.15, -0.1) is 0 Å². The molecular weight excluding hydrogens is 384 g/mol. The summed E-state index contributed by atoms with van der Waals surface area (Å²) in [7, 11) is 3.07. The van der Waals surface area contributed by atoms with E-state index in [4.69, 9.17) is 9.47 Å². The summed E-state index contributed by atoms with van der Waals surface area (Å²) < 4.78 is 11.8. The maximum absolute atomic E-state index is 13.1. The second-order valence-electron chi connectivity index (χ2n) is 7.36. The molecule has 30 heavy (non-hydrogen) atoms. The van der Waals surface area contributed by atoms with Crippen LogP contribution >= 0.6 is 0 Å². The highest BCUT2D eigenvalue weighted by molar-refractivity contribution is 5.94. The Hall–Kier alpha value is -3.42. The van der Waals surface area contributed by atoms with Gasteiger partial charge in [0.15, 0.2) is 17.1 Å². The maximum atomic E-state index is 13.1. The van der Waals surface area contributed by atoms with E-state index in [9.17, 15) is 9.59 Å². The molecule has 1 atom stereocenters. The number of fused-ring (bicyclic) bond motifs is 2. The molecule has 8 heteroatoms. The van der Waals surface area contributed by atoms with Crippen molar-refractivity contribution in [1.82, 2.24) is 14.5 Å². The number of nitrogens with one attached hydrogen (secondary N) is 1. The van der Waals surface area contributed by atoms with Crippen molar-refractivity contribution in [3.8, 4) is 11.5 Å². The molecule has 1 aliphatic carbocycles. The van der Waals surface area contributed by atoms with Crippen LogP contribution in [-0.4, -0.2) is 34.7 Å². The third-order valence-corrected chi connectivity index (χ3v) is 5.50. The highest BCUT2D eigenvalue weighted by Crippen LogP contribution is 2.30. The average Bonchev–Trinajstić information content (AvgIpc) is 2.77. The number of ether oxygens (including phenoxy) is 2. The Balaban J connectivity index is 1.62. The molecular formula is C22H24N4O4. The number of amides is 1. The third kappa shape index (κ3) is 3.60. The van der Waals surface area contributed by atoms with Gasteiger partial charge in [0.1, 0.15) is 12.4 Å². The molecule has 8 nitrogen and oxygen atoms in total. The van der Waals surface area contributed by atoms with Crippen LogP contribution in [0.3, 0.4) is 0 Å². The molecule has 0 saturated carbocycles. The molecule has 1 aromatic carbocycles. The molecule has 1 amide bonds. The summed E-state index contributed by atoms with van der Waals surface area (Å²) in [5.41, 5.74) is 2.84. The largest absolute Gasteiger partial charge is 0.493 e. The molecule has 0 bridgehead atoms. The summed E-state index contributed by atoms with van der Waals surface area (Å²) >= 11 is 0. The number of anilines is 1. The Morgan fingerprint density at radius 2 is 1.90 bits per heavy atom. The molecule has 1 aliphatic rings. The van der Waals surface area contributed by atoms with Crippen LogP contribution in [0, 0.1) is 0 Å². The number of benzene rings is 1. The molecule has 156 valence electrons. The number of aromatic nitrogens is 3. The lowest BCUT2D eigenvalue weighted by Crippen LogP contribution is -2.32. The van der Waals surface area contributed by atoms with Gasteiger partial charge < -0.3 is 14.8 Å². The quantitative estimate of drug-likeness (QED) is 0.698. The van der Waals surface area contributed by atoms with Gasteiger partial charge in [0, 0.05) is 17.4 Å². The molecule has 2 heterocycles. The van der Waals surface area contributed by atoms with E-state index >= 15 is 0 Å². The Kier molecular flexibility index (Phi) is 5.39. The predicted octanol–water partition coefficient (Wildman–Crippen LogP) is 2.89. The van der Waals surface area contributed by atoms with E-state index in [0.29, 0.717) is 28.2 Å². The smallest absolute Gasteiger partial charge is 0.263 e. The lowest BCUT2D eigenvalue weighted by Gasteiger charge is -2.18. The fourth-order valence-corrected chi connectivity index (χ4v) is 3.75. The van der Waals surface area contributed by atoms with Crippen molar-refractivity contribution in [3.63, 3.8) is 0 Å². The Morgan fingerprint density at radius 3 is 2.67 bits per heavy atom. The van der Waals surface area contributed by atoms with E-state index in [1.807, 2.05) is 6.07 Å². The Bertz CT molecular complexity index is 1170. The van der Waals surface area contributed by atoms with Crippen molar-refractivity contribution in [2.24, 2.45) is 0 Å². The number of hydrogen-bond acceptors (Lipinski definition) is 6. The zero-order valence-corrected chi connectivity index (χ0v) is 17.3. The molecule has 0 spiro atoms. The van der Waals surface area contributed by atoms with Gasteiger partial charge >= 0.3 is 0 Å². The molecule has 0 unspecified atom stereocenters. The van der Waals surface area contributed by atoms with Crippen LogP contribution in [0.25, 0.3) is 11.0 Å². The monoisotopic (exact) mass is 408 g/mol. The fraction of sp³-hybridized carbons (Fsp3) is 0.364. The van der Waals surface area contributed by atoms with Crippen LogP contribution in [0.15, 0.2) is 35.4 Å². The summed E-state index contributed by atoms with van der Waals surface area (Å²) in [6.07, 6.45) is 5.43. The summed E-state index contributed by atoms with van der Waals surface area (Å²) in [6.45, 7) is 1.66. The molecule has 0 fully saturated rings. The summed E-state index contributed by atoms with van der Waals surface area (Å²) in [5, 5.41) is 3.26. The molecule has 3 aromatic rings. The predicted molar refractivity (Wildman–Crippen MR) is 113 cm³/mol. The minimum absolute atomic E-state index is 0.268. The molecule has 0 saturated heterocycles. The second kappa shape index (κ2) is 8.14. The van der Waals surface area contributed by atoms with Crippen LogP contribution in [0.1, 0.15) is 37.1 Å². The number of pyridine rings is 1. The van der Waals surface area contributed by atoms with E-state index in [1.165, 1.54) is 18.0 Å². The Labute approximate surface area is 173 Å². The molecule has 2 aromatic heterocycles. The van der Waals surface area contributed by atoms with Gasteiger partial charge in [0.2, 0.25) is 5.91 Å². The van der Waals surface area contributed by atoms with Crippen molar-refractivity contribution in [3.05, 3.63) is 52.2 Å². The fourth-order valence-electron chi connectivity index (χ4n) is 3.75. The van der Waals surface area contributed by atoms with E-state index in [0.717, 1.165) is 36.9 Å². The van der Waals surface area contributed by atoms with Gasteiger partial charge in [-0.1, -0.05) is 0 Å². The number of hydrogen-bond donors (Lipinski definition) is 1. The van der Waals surface area contributed by atoms with Gasteiger partial charge in [0.05, 0.1) is 19.6 Å². The third-order valence-electron chi connectivity index (χ3n) is 5.50. The molecule has 0 radical (unpaired) electrons. The van der Waals surface area contributed by atoms with E-state index in [2.05, 4.69) is 15.3 Å². The van der Waals surface area contributed by atoms with Crippen molar-refractivity contribution in [1.29, 1.82) is 0 Å². The number of nitrogens with zero attached hydrogens (tertiary/aromatic N) is 3. The zero-order chi connectivity index (χ0) is 21.3. The highest BCUT2D eigenvalue weighted by Gasteiger charge is 2.20. The first kappa shape index (κ1) is 19.9. The van der Waals surface area contributed by atoms with Gasteiger partial charge in [-0.2, -0.15) is 0 Å². The molecule has 4 rings (SSSR count). The first-order valence-electron chi connectivity index (χ1n) is 9.94. The van der Waals surface area contributed by atoms with Crippen LogP contribution in [0.5, 0.6) is 11.5 Å². The van der Waals surface area contributed by atoms with Crippen LogP contribution in [0.4, 0.5) is 5.69 Å². The van der Waals surface area contributed by atoms with Crippen LogP contribution in [-0.2, 0) is 17.6 Å². The zero-order valence-electron chi connectivity index (χ0n) is 17.3. The number of aryl methyl sites for hydroxylation is 2. The lowest BCUT2D eigenvalue weighted by atomic mass is 9.95. The van der Waals surface area contributed by atoms with Gasteiger partial charge in [-0.25, -0.2) is 9.97 Å². The van der Waals surface area contributed by atoms with E-state index in [1.54, 1.807) is 32.2 Å². The number of carbonyl (C=O) groups excluding carboxylic acids is 1. The van der Waals surface area contributed by atoms with Gasteiger partial charge in [-0.05, 0) is 56.4 Å². The summed E-state index contributed by atoms with van der Waals surface area (Å²) in [5.74, 6) is 0.731. The molecule has 0 aliphatic heterocycles. The number of rotatable bonds is 5. The standard InChI is InChI=1S/C22H24N4O4/c1-13(21(27)24-15-8-9-18(29-2)19(11-15)30-3)26-12-23-20-16(22(26)28)10-14-6-4-5-7-17(14)25-20/h8-13H,4-7H2,1-3H3,(H,24,27)/t13-/m1/s1. The lowest BCUT2D eigenvalue weighted by molar-refractivity contribution is -0.118. The number of methoxy groups -OCH3 is 2. The highest BCUT2D eigenvalue weighted by atomic mass is 16.5. The van der Waals surface area contributed by atoms with E-state index in [-0.39, 0.29) is 11.5 Å². The molecule has 1 N–H and O–H groups in total. The van der Waals surface area contributed by atoms with Crippen molar-refractivity contribution < 1.29 is 14.3 Å². The first-order valence-corrected chi connectivity index (χ1v) is 9.94. The van der Waals surface area contributed by atoms with Crippen molar-refractivity contribution in [2.45, 2.75) is 38.6 Å². The van der Waals surface area contributed by atoms with Crippen LogP contribution in [0.2, 0.25) is 0 Å². The maximum Gasteiger partial charge on any atom is 0.263 e. The van der Waals surface area contributed by atoms with Crippen molar-refractivity contribution in [2.75, 3.05) is 19.5 Å². The topological polar surface area (TPSA) is 95.3 Å². The van der Waals surface area contributed by atoms with Gasteiger partial charge in [-0.3, -0.25) is 14.2 Å². The second-order valence-corrected chi connectivity index (χ2v) is 7.36. The summed E-state index contributed by atoms with van der Waals surface area (Å²) in [4.78, 5) is 34.8. The SMILES string of the molecule is COc1ccc(NC(=O)[C@@H](C)n2cnc3nc4c(cc3c2=O)CCCC4)cc1OC.